The Bertz CT molecular complexity index is 363. The van der Waals surface area contributed by atoms with E-state index in [1.807, 2.05) is 0 Å². The van der Waals surface area contributed by atoms with Gasteiger partial charge in [0.25, 0.3) is 0 Å². The van der Waals surface area contributed by atoms with Gasteiger partial charge in [-0.3, -0.25) is 0 Å². The van der Waals surface area contributed by atoms with Crippen LogP contribution in [-0.4, -0.2) is 27.3 Å². The summed E-state index contributed by atoms with van der Waals surface area (Å²) in [5, 5.41) is 5.02. The van der Waals surface area contributed by atoms with E-state index in [4.69, 9.17) is 4.74 Å². The van der Waals surface area contributed by atoms with Crippen molar-refractivity contribution in [3.8, 4) is 0 Å². The van der Waals surface area contributed by atoms with E-state index in [0.717, 1.165) is 19.7 Å². The molecule has 0 bridgehead atoms. The molecule has 1 unspecified atom stereocenters. The van der Waals surface area contributed by atoms with Gasteiger partial charge in [-0.15, -0.1) is 0 Å². The topological polar surface area (TPSA) is 21.3 Å². The normalized spacial score (nSPS) is 20.3. The highest BCUT2D eigenvalue weighted by molar-refractivity contribution is 6.88. The summed E-state index contributed by atoms with van der Waals surface area (Å²) >= 11 is 0. The van der Waals surface area contributed by atoms with Crippen molar-refractivity contribution >= 4 is 13.3 Å². The lowest BCUT2D eigenvalue weighted by Crippen LogP contribution is -2.37. The SMILES string of the molecule is C[Si](C)(C)c1ccc(CNCC2CCCO2)cc1. The summed E-state index contributed by atoms with van der Waals surface area (Å²) in [7, 11) is -1.15. The van der Waals surface area contributed by atoms with Crippen LogP contribution >= 0.6 is 0 Å². The highest BCUT2D eigenvalue weighted by atomic mass is 28.3. The smallest absolute Gasteiger partial charge is 0.0775 e. The van der Waals surface area contributed by atoms with Crippen molar-refractivity contribution in [1.82, 2.24) is 5.32 Å². The predicted molar refractivity (Wildman–Crippen MR) is 80.1 cm³/mol. The first kappa shape index (κ1) is 13.8. The van der Waals surface area contributed by atoms with Gasteiger partial charge in [-0.1, -0.05) is 49.1 Å². The first-order chi connectivity index (χ1) is 8.55. The molecule has 1 aliphatic heterocycles. The molecule has 1 heterocycles. The van der Waals surface area contributed by atoms with Crippen LogP contribution in [0, 0.1) is 0 Å². The van der Waals surface area contributed by atoms with Crippen LogP contribution in [0.1, 0.15) is 18.4 Å². The Morgan fingerprint density at radius 1 is 1.22 bits per heavy atom. The number of hydrogen-bond acceptors (Lipinski definition) is 2. The zero-order chi connectivity index (χ0) is 13.0. The van der Waals surface area contributed by atoms with Crippen LogP contribution in [0.3, 0.4) is 0 Å². The third-order valence-electron chi connectivity index (χ3n) is 3.55. The number of benzene rings is 1. The summed E-state index contributed by atoms with van der Waals surface area (Å²) in [6, 6.07) is 9.12. The van der Waals surface area contributed by atoms with Gasteiger partial charge in [0.1, 0.15) is 0 Å². The molecule has 0 amide bonds. The Morgan fingerprint density at radius 3 is 2.50 bits per heavy atom. The van der Waals surface area contributed by atoms with Crippen LogP contribution < -0.4 is 10.5 Å². The quantitative estimate of drug-likeness (QED) is 0.824. The summed E-state index contributed by atoms with van der Waals surface area (Å²) < 4.78 is 5.60. The summed E-state index contributed by atoms with van der Waals surface area (Å²) in [6.45, 7) is 10.0. The van der Waals surface area contributed by atoms with Gasteiger partial charge in [0, 0.05) is 19.7 Å². The summed E-state index contributed by atoms with van der Waals surface area (Å²) in [4.78, 5) is 0. The van der Waals surface area contributed by atoms with Gasteiger partial charge in [0.05, 0.1) is 14.2 Å². The second kappa shape index (κ2) is 6.00. The molecule has 1 aromatic rings. The summed E-state index contributed by atoms with van der Waals surface area (Å²) in [5.41, 5.74) is 1.37. The fourth-order valence-electron chi connectivity index (χ4n) is 2.31. The highest BCUT2D eigenvalue weighted by Crippen LogP contribution is 2.11. The Labute approximate surface area is 112 Å². The Balaban J connectivity index is 1.79. The molecule has 100 valence electrons. The molecule has 1 saturated heterocycles. The van der Waals surface area contributed by atoms with Crippen LogP contribution in [-0.2, 0) is 11.3 Å². The minimum atomic E-state index is -1.15. The third-order valence-corrected chi connectivity index (χ3v) is 5.61. The molecular formula is C15H25NOSi. The molecule has 2 nitrogen and oxygen atoms in total. The fourth-order valence-corrected chi connectivity index (χ4v) is 3.47. The second-order valence-electron chi connectivity index (χ2n) is 6.21. The standard InChI is InChI=1S/C15H25NOSi/c1-18(2,3)15-8-6-13(7-9-15)11-16-12-14-5-4-10-17-14/h6-9,14,16H,4-5,10-12H2,1-3H3. The summed E-state index contributed by atoms with van der Waals surface area (Å²) in [6.07, 6.45) is 2.87. The van der Waals surface area contributed by atoms with Gasteiger partial charge in [-0.2, -0.15) is 0 Å². The van der Waals surface area contributed by atoms with Crippen LogP contribution in [0.5, 0.6) is 0 Å². The molecule has 2 rings (SSSR count). The Kier molecular flexibility index (Phi) is 4.59. The van der Waals surface area contributed by atoms with Crippen molar-refractivity contribution in [1.29, 1.82) is 0 Å². The van der Waals surface area contributed by atoms with E-state index in [2.05, 4.69) is 49.2 Å². The van der Waals surface area contributed by atoms with Crippen LogP contribution in [0.2, 0.25) is 19.6 Å². The molecule has 3 heteroatoms. The molecule has 0 saturated carbocycles. The number of hydrogen-bond donors (Lipinski definition) is 1. The predicted octanol–water partition coefficient (Wildman–Crippen LogP) is 2.50. The molecule has 0 aliphatic carbocycles. The van der Waals surface area contributed by atoms with Gasteiger partial charge in [0.2, 0.25) is 0 Å². The maximum Gasteiger partial charge on any atom is 0.0775 e. The molecule has 0 spiro atoms. The van der Waals surface area contributed by atoms with E-state index in [1.54, 1.807) is 0 Å². The average molecular weight is 263 g/mol. The van der Waals surface area contributed by atoms with E-state index < -0.39 is 8.07 Å². The molecule has 1 aliphatic rings. The fraction of sp³-hybridized carbons (Fsp3) is 0.600. The monoisotopic (exact) mass is 263 g/mol. The van der Waals surface area contributed by atoms with Gasteiger partial charge in [-0.05, 0) is 18.4 Å². The van der Waals surface area contributed by atoms with E-state index in [0.29, 0.717) is 6.10 Å². The molecule has 1 N–H and O–H groups in total. The molecule has 18 heavy (non-hydrogen) atoms. The second-order valence-corrected chi connectivity index (χ2v) is 11.3. The zero-order valence-electron chi connectivity index (χ0n) is 11.8. The third kappa shape index (κ3) is 3.94. The van der Waals surface area contributed by atoms with Crippen molar-refractivity contribution in [2.45, 2.75) is 45.1 Å². The minimum Gasteiger partial charge on any atom is -0.377 e. The average Bonchev–Trinajstić information content (AvgIpc) is 2.82. The van der Waals surface area contributed by atoms with Gasteiger partial charge in [-0.25, -0.2) is 0 Å². The number of ether oxygens (including phenoxy) is 1. The van der Waals surface area contributed by atoms with Crippen molar-refractivity contribution in [3.63, 3.8) is 0 Å². The van der Waals surface area contributed by atoms with Crippen molar-refractivity contribution < 1.29 is 4.74 Å². The number of rotatable bonds is 5. The summed E-state index contributed by atoms with van der Waals surface area (Å²) in [5.74, 6) is 0. The van der Waals surface area contributed by atoms with Crippen LogP contribution in [0.15, 0.2) is 24.3 Å². The van der Waals surface area contributed by atoms with Crippen molar-refractivity contribution in [3.05, 3.63) is 29.8 Å². The van der Waals surface area contributed by atoms with E-state index in [-0.39, 0.29) is 0 Å². The van der Waals surface area contributed by atoms with E-state index in [1.165, 1.54) is 23.6 Å². The molecule has 0 radical (unpaired) electrons. The van der Waals surface area contributed by atoms with Crippen molar-refractivity contribution in [2.75, 3.05) is 13.2 Å². The lowest BCUT2D eigenvalue weighted by Gasteiger charge is -2.17. The lowest BCUT2D eigenvalue weighted by molar-refractivity contribution is 0.110. The van der Waals surface area contributed by atoms with Crippen LogP contribution in [0.25, 0.3) is 0 Å². The van der Waals surface area contributed by atoms with Crippen molar-refractivity contribution in [2.24, 2.45) is 0 Å². The molecule has 0 aromatic heterocycles. The van der Waals surface area contributed by atoms with Gasteiger partial charge in [0.15, 0.2) is 0 Å². The lowest BCUT2D eigenvalue weighted by atomic mass is 10.2. The van der Waals surface area contributed by atoms with E-state index in [9.17, 15) is 0 Å². The highest BCUT2D eigenvalue weighted by Gasteiger charge is 2.16. The van der Waals surface area contributed by atoms with Crippen LogP contribution in [0.4, 0.5) is 0 Å². The molecule has 1 aromatic carbocycles. The maximum absolute atomic E-state index is 5.60. The Hall–Kier alpha value is -0.643. The molecule has 1 atom stereocenters. The van der Waals surface area contributed by atoms with Gasteiger partial charge >= 0.3 is 0 Å². The van der Waals surface area contributed by atoms with E-state index >= 15 is 0 Å². The first-order valence-corrected chi connectivity index (χ1v) is 10.5. The van der Waals surface area contributed by atoms with Gasteiger partial charge < -0.3 is 10.1 Å². The first-order valence-electron chi connectivity index (χ1n) is 6.97. The number of nitrogens with one attached hydrogen (secondary N) is 1. The largest absolute Gasteiger partial charge is 0.377 e. The molecule has 1 fully saturated rings. The molecular weight excluding hydrogens is 238 g/mol. The zero-order valence-corrected chi connectivity index (χ0v) is 12.8. The minimum absolute atomic E-state index is 0.436. The maximum atomic E-state index is 5.60. The Morgan fingerprint density at radius 2 is 1.94 bits per heavy atom.